The van der Waals surface area contributed by atoms with Crippen LogP contribution in [-0.2, 0) is 42.9 Å². The number of esters is 4. The van der Waals surface area contributed by atoms with Crippen molar-refractivity contribution in [3.05, 3.63) is 21.8 Å². The maximum atomic E-state index is 13.6. The second-order valence-electron chi connectivity index (χ2n) is 8.45. The van der Waals surface area contributed by atoms with Crippen LogP contribution in [0.4, 0.5) is 15.3 Å². The first-order chi connectivity index (χ1) is 20.4. The predicted molar refractivity (Wildman–Crippen MR) is 173 cm³/mol. The minimum Gasteiger partial charge on any atom is -0.464 e. The highest BCUT2D eigenvalue weighted by Gasteiger charge is 2.31. The Morgan fingerprint density at radius 1 is 0.614 bits per heavy atom. The first-order valence-corrected chi connectivity index (χ1v) is 15.3. The van der Waals surface area contributed by atoms with Gasteiger partial charge in [-0.3, -0.25) is 34.1 Å². The standard InChI is InChI=1S/C24H27I3N4O13/c1-9(32)40-5-13(6-41-10(2)33)29-21(36)15-17(25)16(19(27)20(18(15)26)31-24(39)44-23(28)38)22(37)30-14(7-42-11(3)34)8-43-12(4)35/h13-14H,5-8H2,1-4H3,(H2,28,38)(H,29,36)(H,30,37)(H,31,39). The zero-order valence-corrected chi connectivity index (χ0v) is 30.0. The zero-order chi connectivity index (χ0) is 33.7. The average molecular weight is 960 g/mol. The molecule has 0 spiro atoms. The Balaban J connectivity index is 3.68. The van der Waals surface area contributed by atoms with E-state index >= 15 is 0 Å². The molecule has 0 saturated carbocycles. The van der Waals surface area contributed by atoms with Gasteiger partial charge in [0, 0.05) is 31.3 Å². The lowest BCUT2D eigenvalue weighted by atomic mass is 10.1. The van der Waals surface area contributed by atoms with Crippen molar-refractivity contribution in [1.29, 1.82) is 0 Å². The summed E-state index contributed by atoms with van der Waals surface area (Å²) in [7, 11) is 0. The molecular weight excluding hydrogens is 933 g/mol. The van der Waals surface area contributed by atoms with Crippen molar-refractivity contribution in [2.24, 2.45) is 5.73 Å². The van der Waals surface area contributed by atoms with Crippen LogP contribution in [0.15, 0.2) is 0 Å². The Labute approximate surface area is 291 Å². The number of carbonyl (C=O) groups is 8. The minimum absolute atomic E-state index is 0.0673. The summed E-state index contributed by atoms with van der Waals surface area (Å²) in [6.07, 6.45) is -2.75. The van der Waals surface area contributed by atoms with Gasteiger partial charge in [-0.2, -0.15) is 0 Å². The van der Waals surface area contributed by atoms with E-state index in [1.807, 2.05) is 0 Å². The molecule has 0 saturated heterocycles. The smallest absolute Gasteiger partial charge is 0.420 e. The van der Waals surface area contributed by atoms with E-state index < -0.39 is 60.0 Å². The van der Waals surface area contributed by atoms with E-state index in [-0.39, 0.29) is 54.0 Å². The van der Waals surface area contributed by atoms with Gasteiger partial charge in [0.05, 0.1) is 36.0 Å². The first kappa shape index (κ1) is 39.0. The quantitative estimate of drug-likeness (QED) is 0.0951. The maximum Gasteiger partial charge on any atom is 0.420 e. The van der Waals surface area contributed by atoms with Crippen molar-refractivity contribution in [3.8, 4) is 0 Å². The van der Waals surface area contributed by atoms with Crippen molar-refractivity contribution < 1.29 is 62.0 Å². The van der Waals surface area contributed by atoms with Gasteiger partial charge < -0.3 is 40.1 Å². The number of carbonyl (C=O) groups excluding carboxylic acids is 8. The van der Waals surface area contributed by atoms with Crippen LogP contribution in [0.1, 0.15) is 48.4 Å². The molecule has 0 radical (unpaired) electrons. The molecule has 0 aliphatic rings. The molecular formula is C24H27I3N4O13. The summed E-state index contributed by atoms with van der Waals surface area (Å²) in [5.74, 6) is -4.34. The molecule has 1 aromatic carbocycles. The number of nitrogens with two attached hydrogens (primary N) is 1. The summed E-state index contributed by atoms with van der Waals surface area (Å²) in [6, 6.07) is -2.04. The summed E-state index contributed by atoms with van der Waals surface area (Å²) in [6.45, 7) is 3.07. The molecule has 0 atom stereocenters. The van der Waals surface area contributed by atoms with Gasteiger partial charge in [0.1, 0.15) is 26.4 Å². The summed E-state index contributed by atoms with van der Waals surface area (Å²) >= 11 is 5.16. The van der Waals surface area contributed by atoms with Crippen LogP contribution in [0.2, 0.25) is 0 Å². The lowest BCUT2D eigenvalue weighted by Gasteiger charge is -2.23. The fourth-order valence-electron chi connectivity index (χ4n) is 3.04. The maximum absolute atomic E-state index is 13.6. The van der Waals surface area contributed by atoms with E-state index in [1.165, 1.54) is 0 Å². The molecule has 0 aliphatic heterocycles. The third kappa shape index (κ3) is 13.3. The normalized spacial score (nSPS) is 10.4. The highest BCUT2D eigenvalue weighted by molar-refractivity contribution is 14.1. The second-order valence-corrected chi connectivity index (χ2v) is 11.7. The van der Waals surface area contributed by atoms with Gasteiger partial charge in [-0.05, 0) is 67.8 Å². The number of primary amides is 1. The largest absolute Gasteiger partial charge is 0.464 e. The van der Waals surface area contributed by atoms with Gasteiger partial charge in [0.15, 0.2) is 0 Å². The molecule has 5 N–H and O–H groups in total. The molecule has 17 nitrogen and oxygen atoms in total. The molecule has 0 unspecified atom stereocenters. The topological polar surface area (TPSA) is 245 Å². The van der Waals surface area contributed by atoms with E-state index in [0.717, 1.165) is 27.7 Å². The number of amides is 4. The van der Waals surface area contributed by atoms with Crippen molar-refractivity contribution in [2.75, 3.05) is 31.7 Å². The Kier molecular flexibility index (Phi) is 16.6. The Morgan fingerprint density at radius 3 is 1.20 bits per heavy atom. The molecule has 0 aliphatic carbocycles. The van der Waals surface area contributed by atoms with Gasteiger partial charge >= 0.3 is 36.1 Å². The number of anilines is 1. The average Bonchev–Trinajstić information content (AvgIpc) is 2.88. The molecule has 1 aromatic rings. The highest BCUT2D eigenvalue weighted by atomic mass is 127. The van der Waals surface area contributed by atoms with E-state index in [2.05, 4.69) is 20.7 Å². The van der Waals surface area contributed by atoms with Crippen molar-refractivity contribution in [2.45, 2.75) is 39.8 Å². The number of halogens is 3. The van der Waals surface area contributed by atoms with Crippen molar-refractivity contribution in [3.63, 3.8) is 0 Å². The molecule has 0 aromatic heterocycles. The van der Waals surface area contributed by atoms with Gasteiger partial charge in [-0.1, -0.05) is 0 Å². The molecule has 0 fully saturated rings. The molecule has 0 bridgehead atoms. The van der Waals surface area contributed by atoms with E-state index in [1.54, 1.807) is 67.8 Å². The van der Waals surface area contributed by atoms with Crippen LogP contribution < -0.4 is 21.7 Å². The number of hydrogen-bond donors (Lipinski definition) is 4. The highest BCUT2D eigenvalue weighted by Crippen LogP contribution is 2.36. The second kappa shape index (κ2) is 18.7. The number of benzene rings is 1. The lowest BCUT2D eigenvalue weighted by Crippen LogP contribution is -2.44. The van der Waals surface area contributed by atoms with Crippen LogP contribution in [0.5, 0.6) is 0 Å². The Hall–Kier alpha value is -3.03. The van der Waals surface area contributed by atoms with Crippen molar-refractivity contribution in [1.82, 2.24) is 10.6 Å². The monoisotopic (exact) mass is 960 g/mol. The number of rotatable bonds is 13. The number of nitrogens with one attached hydrogen (secondary N) is 3. The van der Waals surface area contributed by atoms with Gasteiger partial charge in [0.2, 0.25) is 0 Å². The molecule has 0 heterocycles. The molecule has 4 amide bonds. The molecule has 242 valence electrons. The van der Waals surface area contributed by atoms with E-state index in [4.69, 9.17) is 24.7 Å². The van der Waals surface area contributed by atoms with Crippen LogP contribution >= 0.6 is 67.8 Å². The third-order valence-electron chi connectivity index (χ3n) is 4.81. The van der Waals surface area contributed by atoms with Crippen LogP contribution in [0.3, 0.4) is 0 Å². The van der Waals surface area contributed by atoms with Crippen LogP contribution in [0.25, 0.3) is 0 Å². The zero-order valence-electron chi connectivity index (χ0n) is 23.5. The summed E-state index contributed by atoms with van der Waals surface area (Å²) in [5, 5.41) is 7.40. The Morgan fingerprint density at radius 2 is 0.932 bits per heavy atom. The number of ether oxygens (including phenoxy) is 5. The van der Waals surface area contributed by atoms with Crippen LogP contribution in [-0.4, -0.2) is 86.4 Å². The van der Waals surface area contributed by atoms with E-state index in [0.29, 0.717) is 0 Å². The third-order valence-corrected chi connectivity index (χ3v) is 8.05. The summed E-state index contributed by atoms with van der Waals surface area (Å²) in [4.78, 5) is 96.0. The van der Waals surface area contributed by atoms with Gasteiger partial charge in [-0.25, -0.2) is 9.59 Å². The fourth-order valence-corrected chi connectivity index (χ4v) is 7.46. The van der Waals surface area contributed by atoms with Gasteiger partial charge in [-0.15, -0.1) is 0 Å². The van der Waals surface area contributed by atoms with Crippen molar-refractivity contribution >= 4 is 121 Å². The number of hydrogen-bond acceptors (Lipinski definition) is 13. The van der Waals surface area contributed by atoms with E-state index in [9.17, 15) is 38.4 Å². The molecule has 1 rings (SSSR count). The predicted octanol–water partition coefficient (Wildman–Crippen LogP) is 1.58. The fraction of sp³-hybridized carbons (Fsp3) is 0.417. The van der Waals surface area contributed by atoms with Crippen LogP contribution in [0, 0.1) is 10.7 Å². The van der Waals surface area contributed by atoms with Gasteiger partial charge in [0.25, 0.3) is 11.8 Å². The summed E-state index contributed by atoms with van der Waals surface area (Å²) < 4.78 is 24.4. The SMILES string of the molecule is CC(=O)OCC(COC(C)=O)NC(=O)c1c(I)c(NC(=O)OC(N)=O)c(I)c(C(=O)NC(COC(C)=O)COC(C)=O)c1I. The minimum atomic E-state index is -1.42. The summed E-state index contributed by atoms with van der Waals surface area (Å²) in [5.41, 5.74) is 4.48. The Bertz CT molecular complexity index is 1220. The first-order valence-electron chi connectivity index (χ1n) is 12.1. The molecule has 20 heteroatoms. The molecule has 44 heavy (non-hydrogen) atoms. The lowest BCUT2D eigenvalue weighted by molar-refractivity contribution is -0.146.